The van der Waals surface area contributed by atoms with Gasteiger partial charge < -0.3 is 14.8 Å². The lowest BCUT2D eigenvalue weighted by molar-refractivity contribution is -0.117. The first-order valence-electron chi connectivity index (χ1n) is 8.78. The fourth-order valence-electron chi connectivity index (χ4n) is 2.79. The van der Waals surface area contributed by atoms with Gasteiger partial charge in [0.25, 0.3) is 5.56 Å². The normalized spacial score (nSPS) is 10.5. The SMILES string of the molecule is COc1ccc(OC)c(-c2ccc(=O)n(CC(=O)Nc3cccc(Cl)c3C)n2)c1. The van der Waals surface area contributed by atoms with E-state index in [0.717, 1.165) is 10.2 Å². The number of methoxy groups -OCH3 is 2. The standard InChI is InChI=1S/C21H20ClN3O4/c1-13-16(22)5-4-6-17(13)23-20(26)12-25-21(27)10-8-18(24-25)15-11-14(28-2)7-9-19(15)29-3/h4-11H,12H2,1-3H3,(H,23,26). The first kappa shape index (κ1) is 20.4. The molecule has 150 valence electrons. The van der Waals surface area contributed by atoms with Crippen molar-refractivity contribution in [1.82, 2.24) is 9.78 Å². The molecular formula is C21H20ClN3O4. The molecule has 8 heteroatoms. The van der Waals surface area contributed by atoms with Crippen molar-refractivity contribution >= 4 is 23.2 Å². The van der Waals surface area contributed by atoms with Crippen molar-refractivity contribution in [3.05, 3.63) is 69.5 Å². The van der Waals surface area contributed by atoms with Gasteiger partial charge in [0.1, 0.15) is 18.0 Å². The Kier molecular flexibility index (Phi) is 6.19. The van der Waals surface area contributed by atoms with Gasteiger partial charge in [0.15, 0.2) is 0 Å². The molecular weight excluding hydrogens is 394 g/mol. The summed E-state index contributed by atoms with van der Waals surface area (Å²) in [6.45, 7) is 1.56. The van der Waals surface area contributed by atoms with Gasteiger partial charge in [0.05, 0.1) is 19.9 Å². The molecule has 3 rings (SSSR count). The third kappa shape index (κ3) is 4.57. The summed E-state index contributed by atoms with van der Waals surface area (Å²) in [7, 11) is 3.10. The Morgan fingerprint density at radius 2 is 1.93 bits per heavy atom. The van der Waals surface area contributed by atoms with Crippen LogP contribution in [0, 0.1) is 6.92 Å². The average molecular weight is 414 g/mol. The predicted molar refractivity (Wildman–Crippen MR) is 112 cm³/mol. The highest BCUT2D eigenvalue weighted by molar-refractivity contribution is 6.31. The first-order valence-corrected chi connectivity index (χ1v) is 9.16. The molecule has 1 heterocycles. The summed E-state index contributed by atoms with van der Waals surface area (Å²) in [6.07, 6.45) is 0. The topological polar surface area (TPSA) is 82.5 Å². The molecule has 0 saturated carbocycles. The van der Waals surface area contributed by atoms with Crippen LogP contribution < -0.4 is 20.3 Å². The number of aromatic nitrogens is 2. The fourth-order valence-corrected chi connectivity index (χ4v) is 2.96. The van der Waals surface area contributed by atoms with Gasteiger partial charge in [-0.05, 0) is 48.9 Å². The zero-order valence-electron chi connectivity index (χ0n) is 16.2. The number of carbonyl (C=O) groups is 1. The van der Waals surface area contributed by atoms with Crippen LogP contribution in [0.2, 0.25) is 5.02 Å². The highest BCUT2D eigenvalue weighted by Crippen LogP contribution is 2.31. The number of rotatable bonds is 6. The fraction of sp³-hybridized carbons (Fsp3) is 0.190. The number of amides is 1. The molecule has 29 heavy (non-hydrogen) atoms. The monoisotopic (exact) mass is 413 g/mol. The van der Waals surface area contributed by atoms with Crippen molar-refractivity contribution in [3.63, 3.8) is 0 Å². The van der Waals surface area contributed by atoms with E-state index in [-0.39, 0.29) is 12.5 Å². The van der Waals surface area contributed by atoms with Crippen LogP contribution in [0.5, 0.6) is 11.5 Å². The maximum Gasteiger partial charge on any atom is 0.267 e. The number of nitrogens with one attached hydrogen (secondary N) is 1. The Bertz CT molecular complexity index is 1110. The first-order chi connectivity index (χ1) is 13.9. The Labute approximate surface area is 172 Å². The van der Waals surface area contributed by atoms with E-state index in [1.54, 1.807) is 63.6 Å². The number of benzene rings is 2. The summed E-state index contributed by atoms with van der Waals surface area (Å²) in [5.74, 6) is 0.803. The van der Waals surface area contributed by atoms with E-state index in [4.69, 9.17) is 21.1 Å². The summed E-state index contributed by atoms with van der Waals surface area (Å²) in [6, 6.07) is 13.4. The minimum Gasteiger partial charge on any atom is -0.497 e. The number of halogens is 1. The minimum atomic E-state index is -0.395. The number of carbonyl (C=O) groups excluding carboxylic acids is 1. The summed E-state index contributed by atoms with van der Waals surface area (Å²) in [5, 5.41) is 7.64. The number of nitrogens with zero attached hydrogens (tertiary/aromatic N) is 2. The van der Waals surface area contributed by atoms with Gasteiger partial charge in [0.2, 0.25) is 5.91 Å². The van der Waals surface area contributed by atoms with Crippen LogP contribution in [-0.4, -0.2) is 29.9 Å². The molecule has 7 nitrogen and oxygen atoms in total. The van der Waals surface area contributed by atoms with Gasteiger partial charge in [0, 0.05) is 22.3 Å². The largest absolute Gasteiger partial charge is 0.497 e. The van der Waals surface area contributed by atoms with Gasteiger partial charge in [-0.25, -0.2) is 4.68 Å². The Hall–Kier alpha value is -3.32. The van der Waals surface area contributed by atoms with E-state index in [2.05, 4.69) is 10.4 Å². The molecule has 0 fully saturated rings. The van der Waals surface area contributed by atoms with Crippen LogP contribution in [0.15, 0.2) is 53.3 Å². The molecule has 1 aromatic heterocycles. The van der Waals surface area contributed by atoms with Gasteiger partial charge in [-0.2, -0.15) is 5.10 Å². The van der Waals surface area contributed by atoms with E-state index in [0.29, 0.717) is 33.5 Å². The van der Waals surface area contributed by atoms with Crippen molar-refractivity contribution in [3.8, 4) is 22.8 Å². The average Bonchev–Trinajstić information content (AvgIpc) is 2.72. The van der Waals surface area contributed by atoms with Crippen molar-refractivity contribution in [2.75, 3.05) is 19.5 Å². The number of ether oxygens (including phenoxy) is 2. The molecule has 1 N–H and O–H groups in total. The molecule has 3 aromatic rings. The van der Waals surface area contributed by atoms with E-state index in [1.165, 1.54) is 6.07 Å². The van der Waals surface area contributed by atoms with Gasteiger partial charge in [-0.3, -0.25) is 9.59 Å². The zero-order valence-corrected chi connectivity index (χ0v) is 17.0. The van der Waals surface area contributed by atoms with Gasteiger partial charge in [-0.1, -0.05) is 17.7 Å². The lowest BCUT2D eigenvalue weighted by atomic mass is 10.1. The molecule has 0 aliphatic heterocycles. The second-order valence-corrected chi connectivity index (χ2v) is 6.65. The molecule has 1 amide bonds. The molecule has 0 radical (unpaired) electrons. The van der Waals surface area contributed by atoms with Crippen LogP contribution in [-0.2, 0) is 11.3 Å². The molecule has 0 atom stereocenters. The molecule has 0 bridgehead atoms. The number of hydrogen-bond donors (Lipinski definition) is 1. The van der Waals surface area contributed by atoms with Gasteiger partial charge in [-0.15, -0.1) is 0 Å². The van der Waals surface area contributed by atoms with Crippen LogP contribution in [0.4, 0.5) is 5.69 Å². The highest BCUT2D eigenvalue weighted by Gasteiger charge is 2.13. The summed E-state index contributed by atoms with van der Waals surface area (Å²) in [5.41, 5.74) is 2.06. The van der Waals surface area contributed by atoms with Crippen LogP contribution in [0.3, 0.4) is 0 Å². The third-order valence-corrected chi connectivity index (χ3v) is 4.79. The second-order valence-electron chi connectivity index (χ2n) is 6.24. The van der Waals surface area contributed by atoms with Crippen molar-refractivity contribution in [1.29, 1.82) is 0 Å². The second kappa shape index (κ2) is 8.79. The molecule has 2 aromatic carbocycles. The Morgan fingerprint density at radius 1 is 1.14 bits per heavy atom. The van der Waals surface area contributed by atoms with E-state index < -0.39 is 5.56 Å². The maximum absolute atomic E-state index is 12.5. The van der Waals surface area contributed by atoms with E-state index in [9.17, 15) is 9.59 Å². The summed E-state index contributed by atoms with van der Waals surface area (Å²) >= 11 is 6.08. The lowest BCUT2D eigenvalue weighted by Gasteiger charge is -2.12. The van der Waals surface area contributed by atoms with Crippen molar-refractivity contribution in [2.45, 2.75) is 13.5 Å². The Balaban J connectivity index is 1.89. The van der Waals surface area contributed by atoms with Crippen molar-refractivity contribution < 1.29 is 14.3 Å². The maximum atomic E-state index is 12.5. The van der Waals surface area contributed by atoms with E-state index >= 15 is 0 Å². The highest BCUT2D eigenvalue weighted by atomic mass is 35.5. The number of hydrogen-bond acceptors (Lipinski definition) is 5. The predicted octanol–water partition coefficient (Wildman–Crippen LogP) is 3.53. The molecule has 0 spiro atoms. The summed E-state index contributed by atoms with van der Waals surface area (Å²) < 4.78 is 11.7. The minimum absolute atomic E-state index is 0.245. The van der Waals surface area contributed by atoms with Crippen LogP contribution >= 0.6 is 11.6 Å². The molecule has 0 saturated heterocycles. The lowest BCUT2D eigenvalue weighted by Crippen LogP contribution is -2.29. The Morgan fingerprint density at radius 3 is 2.66 bits per heavy atom. The van der Waals surface area contributed by atoms with Crippen LogP contribution in [0.25, 0.3) is 11.3 Å². The third-order valence-electron chi connectivity index (χ3n) is 4.38. The summed E-state index contributed by atoms with van der Waals surface area (Å²) in [4.78, 5) is 24.7. The zero-order chi connectivity index (χ0) is 21.0. The van der Waals surface area contributed by atoms with Gasteiger partial charge >= 0.3 is 0 Å². The van der Waals surface area contributed by atoms with Crippen molar-refractivity contribution in [2.24, 2.45) is 0 Å². The van der Waals surface area contributed by atoms with E-state index in [1.807, 2.05) is 0 Å². The smallest absolute Gasteiger partial charge is 0.267 e. The molecule has 0 aliphatic rings. The molecule has 0 unspecified atom stereocenters. The van der Waals surface area contributed by atoms with Crippen LogP contribution in [0.1, 0.15) is 5.56 Å². The number of anilines is 1. The molecule has 0 aliphatic carbocycles. The quantitative estimate of drug-likeness (QED) is 0.668.